The zero-order valence-corrected chi connectivity index (χ0v) is 13.9. The van der Waals surface area contributed by atoms with Crippen LogP contribution in [-0.2, 0) is 11.2 Å². The lowest BCUT2D eigenvalue weighted by Crippen LogP contribution is -2.06. The molecule has 3 rings (SSSR count). The van der Waals surface area contributed by atoms with E-state index in [4.69, 9.17) is 9.47 Å². The van der Waals surface area contributed by atoms with Crippen LogP contribution >= 0.6 is 0 Å². The van der Waals surface area contributed by atoms with Crippen molar-refractivity contribution in [3.63, 3.8) is 0 Å². The largest absolute Gasteiger partial charge is 0.493 e. The van der Waals surface area contributed by atoms with Crippen molar-refractivity contribution in [1.82, 2.24) is 15.4 Å². The van der Waals surface area contributed by atoms with E-state index in [2.05, 4.69) is 27.5 Å². The first-order valence-electron chi connectivity index (χ1n) is 8.13. The molecule has 1 heterocycles. The van der Waals surface area contributed by atoms with Gasteiger partial charge in [-0.1, -0.05) is 30.3 Å². The van der Waals surface area contributed by atoms with Gasteiger partial charge in [0.05, 0.1) is 13.2 Å². The molecule has 128 valence electrons. The van der Waals surface area contributed by atoms with E-state index in [9.17, 15) is 4.79 Å². The Morgan fingerprint density at radius 1 is 1.04 bits per heavy atom. The fraction of sp³-hybridized carbons (Fsp3) is 0.211. The summed E-state index contributed by atoms with van der Waals surface area (Å²) in [5.41, 5.74) is 2.65. The second-order valence-corrected chi connectivity index (χ2v) is 5.35. The van der Waals surface area contributed by atoms with Crippen LogP contribution in [0.5, 0.6) is 5.75 Å². The Hall–Kier alpha value is -3.15. The number of benzene rings is 2. The lowest BCUT2D eigenvalue weighted by molar-refractivity contribution is 0.0520. The smallest absolute Gasteiger partial charge is 0.361 e. The number of ether oxygens (including phenoxy) is 2. The number of nitrogens with zero attached hydrogens (tertiary/aromatic N) is 2. The third-order valence-electron chi connectivity index (χ3n) is 3.65. The van der Waals surface area contributed by atoms with Crippen LogP contribution in [0.1, 0.15) is 23.0 Å². The summed E-state index contributed by atoms with van der Waals surface area (Å²) in [5, 5.41) is 10.4. The molecule has 0 fully saturated rings. The molecule has 0 amide bonds. The predicted molar refractivity (Wildman–Crippen MR) is 93.4 cm³/mol. The van der Waals surface area contributed by atoms with Crippen molar-refractivity contribution in [2.75, 3.05) is 13.2 Å². The van der Waals surface area contributed by atoms with Gasteiger partial charge in [-0.2, -0.15) is 10.3 Å². The van der Waals surface area contributed by atoms with Crippen LogP contribution in [0.25, 0.3) is 11.3 Å². The average molecular weight is 337 g/mol. The van der Waals surface area contributed by atoms with Crippen molar-refractivity contribution < 1.29 is 14.3 Å². The molecule has 0 aliphatic rings. The number of hydrogen-bond donors (Lipinski definition) is 1. The Bertz CT molecular complexity index is 813. The Morgan fingerprint density at radius 3 is 2.52 bits per heavy atom. The highest BCUT2D eigenvalue weighted by Crippen LogP contribution is 2.23. The fourth-order valence-corrected chi connectivity index (χ4v) is 2.41. The van der Waals surface area contributed by atoms with Crippen LogP contribution < -0.4 is 4.74 Å². The number of nitrogens with one attached hydrogen (secondary N) is 1. The molecule has 0 bridgehead atoms. The maximum Gasteiger partial charge on any atom is 0.361 e. The molecule has 3 aromatic rings. The van der Waals surface area contributed by atoms with E-state index in [1.807, 2.05) is 42.5 Å². The van der Waals surface area contributed by atoms with Crippen molar-refractivity contribution in [3.8, 4) is 17.0 Å². The lowest BCUT2D eigenvalue weighted by atomic mass is 10.1. The second kappa shape index (κ2) is 8.10. The average Bonchev–Trinajstić information content (AvgIpc) is 3.13. The van der Waals surface area contributed by atoms with Crippen molar-refractivity contribution >= 4 is 5.97 Å². The van der Waals surface area contributed by atoms with Crippen LogP contribution in [-0.4, -0.2) is 34.6 Å². The summed E-state index contributed by atoms with van der Waals surface area (Å²) in [5.74, 6) is 0.273. The summed E-state index contributed by atoms with van der Waals surface area (Å²) in [7, 11) is 0. The van der Waals surface area contributed by atoms with Gasteiger partial charge in [0, 0.05) is 12.0 Å². The summed E-state index contributed by atoms with van der Waals surface area (Å²) >= 11 is 0. The number of aromatic nitrogens is 3. The molecule has 0 atom stereocenters. The molecule has 6 nitrogen and oxygen atoms in total. The van der Waals surface area contributed by atoms with Gasteiger partial charge in [-0.3, -0.25) is 0 Å². The zero-order valence-electron chi connectivity index (χ0n) is 13.9. The summed E-state index contributed by atoms with van der Waals surface area (Å²) in [6, 6.07) is 17.6. The van der Waals surface area contributed by atoms with Crippen LogP contribution in [0.15, 0.2) is 54.6 Å². The highest BCUT2D eigenvalue weighted by molar-refractivity contribution is 5.93. The van der Waals surface area contributed by atoms with Gasteiger partial charge in [-0.25, -0.2) is 4.79 Å². The summed E-state index contributed by atoms with van der Waals surface area (Å²) in [6.07, 6.45) is 0.846. The SMILES string of the molecule is CCOC(=O)c1n[nH]nc1-c1ccc(OCCc2ccccc2)cc1. The number of H-pyrrole nitrogens is 1. The monoisotopic (exact) mass is 337 g/mol. The molecular formula is C19H19N3O3. The van der Waals surface area contributed by atoms with E-state index in [-0.39, 0.29) is 5.69 Å². The Morgan fingerprint density at radius 2 is 1.80 bits per heavy atom. The number of esters is 1. The molecule has 2 aromatic carbocycles. The van der Waals surface area contributed by atoms with Gasteiger partial charge in [0.25, 0.3) is 0 Å². The van der Waals surface area contributed by atoms with Gasteiger partial charge in [0.2, 0.25) is 0 Å². The fourth-order valence-electron chi connectivity index (χ4n) is 2.41. The predicted octanol–water partition coefficient (Wildman–Crippen LogP) is 3.27. The standard InChI is InChI=1S/C19H19N3O3/c1-2-24-19(23)18-17(20-22-21-18)15-8-10-16(11-9-15)25-13-12-14-6-4-3-5-7-14/h3-11H,2,12-13H2,1H3,(H,20,21,22). The molecule has 0 spiro atoms. The Kier molecular flexibility index (Phi) is 5.41. The number of hydrogen-bond acceptors (Lipinski definition) is 5. The first-order valence-corrected chi connectivity index (χ1v) is 8.13. The summed E-state index contributed by atoms with van der Waals surface area (Å²) < 4.78 is 10.7. The summed E-state index contributed by atoms with van der Waals surface area (Å²) in [6.45, 7) is 2.64. The molecular weight excluding hydrogens is 318 g/mol. The van der Waals surface area contributed by atoms with Crippen LogP contribution in [0, 0.1) is 0 Å². The molecule has 1 aromatic heterocycles. The van der Waals surface area contributed by atoms with Crippen LogP contribution in [0.4, 0.5) is 0 Å². The first kappa shape index (κ1) is 16.7. The molecule has 0 radical (unpaired) electrons. The van der Waals surface area contributed by atoms with E-state index in [1.165, 1.54) is 5.56 Å². The maximum atomic E-state index is 11.9. The van der Waals surface area contributed by atoms with Gasteiger partial charge in [0.15, 0.2) is 5.69 Å². The van der Waals surface area contributed by atoms with Crippen molar-refractivity contribution in [3.05, 3.63) is 65.9 Å². The van der Waals surface area contributed by atoms with Crippen LogP contribution in [0.2, 0.25) is 0 Å². The highest BCUT2D eigenvalue weighted by atomic mass is 16.5. The Labute approximate surface area is 145 Å². The lowest BCUT2D eigenvalue weighted by Gasteiger charge is -2.07. The number of carbonyl (C=O) groups is 1. The molecule has 1 N–H and O–H groups in total. The number of aromatic amines is 1. The second-order valence-electron chi connectivity index (χ2n) is 5.35. The Balaban J connectivity index is 1.63. The molecule has 6 heteroatoms. The first-order chi connectivity index (χ1) is 12.3. The third-order valence-corrected chi connectivity index (χ3v) is 3.65. The minimum absolute atomic E-state index is 0.180. The van der Waals surface area contributed by atoms with Crippen molar-refractivity contribution in [2.45, 2.75) is 13.3 Å². The van der Waals surface area contributed by atoms with Gasteiger partial charge in [-0.05, 0) is 36.8 Å². The van der Waals surface area contributed by atoms with Crippen molar-refractivity contribution in [2.24, 2.45) is 0 Å². The van der Waals surface area contributed by atoms with E-state index in [1.54, 1.807) is 6.92 Å². The quantitative estimate of drug-likeness (QED) is 0.670. The normalized spacial score (nSPS) is 10.4. The third kappa shape index (κ3) is 4.23. The number of carbonyl (C=O) groups excluding carboxylic acids is 1. The summed E-state index contributed by atoms with van der Waals surface area (Å²) in [4.78, 5) is 11.9. The maximum absolute atomic E-state index is 11.9. The molecule has 0 aliphatic carbocycles. The molecule has 0 saturated heterocycles. The topological polar surface area (TPSA) is 77.1 Å². The van der Waals surface area contributed by atoms with Gasteiger partial charge in [-0.15, -0.1) is 5.10 Å². The molecule has 0 aliphatic heterocycles. The van der Waals surface area contributed by atoms with Gasteiger partial charge < -0.3 is 9.47 Å². The minimum atomic E-state index is -0.491. The molecule has 0 unspecified atom stereocenters. The number of rotatable bonds is 7. The zero-order chi connectivity index (χ0) is 17.5. The van der Waals surface area contributed by atoms with Gasteiger partial charge in [0.1, 0.15) is 11.4 Å². The van der Waals surface area contributed by atoms with Crippen molar-refractivity contribution in [1.29, 1.82) is 0 Å². The van der Waals surface area contributed by atoms with E-state index >= 15 is 0 Å². The van der Waals surface area contributed by atoms with E-state index in [0.29, 0.717) is 18.9 Å². The van der Waals surface area contributed by atoms with Gasteiger partial charge >= 0.3 is 5.97 Å². The molecule has 25 heavy (non-hydrogen) atoms. The minimum Gasteiger partial charge on any atom is -0.493 e. The van der Waals surface area contributed by atoms with E-state index < -0.39 is 5.97 Å². The van der Waals surface area contributed by atoms with E-state index in [0.717, 1.165) is 17.7 Å². The van der Waals surface area contributed by atoms with Crippen LogP contribution in [0.3, 0.4) is 0 Å². The molecule has 0 saturated carbocycles. The highest BCUT2D eigenvalue weighted by Gasteiger charge is 2.18.